The SMILES string of the molecule is O=C(NCCOc1ccccc1)C1(c2nccs2)CCCCC1. The molecule has 1 aromatic heterocycles. The third kappa shape index (κ3) is 3.72. The number of carbonyl (C=O) groups is 1. The minimum absolute atomic E-state index is 0.101. The van der Waals surface area contributed by atoms with Crippen LogP contribution in [0.3, 0.4) is 0 Å². The van der Waals surface area contributed by atoms with Crippen molar-refractivity contribution in [3.63, 3.8) is 0 Å². The van der Waals surface area contributed by atoms with Crippen LogP contribution >= 0.6 is 11.3 Å². The first-order chi connectivity index (χ1) is 11.3. The van der Waals surface area contributed by atoms with Crippen LogP contribution in [-0.2, 0) is 10.2 Å². The third-order valence-electron chi connectivity index (χ3n) is 4.38. The first-order valence-electron chi connectivity index (χ1n) is 8.17. The van der Waals surface area contributed by atoms with E-state index in [1.54, 1.807) is 17.5 Å². The van der Waals surface area contributed by atoms with Crippen LogP contribution in [0.4, 0.5) is 0 Å². The van der Waals surface area contributed by atoms with Gasteiger partial charge in [0.15, 0.2) is 0 Å². The number of carbonyl (C=O) groups excluding carboxylic acids is 1. The molecule has 0 spiro atoms. The summed E-state index contributed by atoms with van der Waals surface area (Å²) in [6.45, 7) is 0.991. The lowest BCUT2D eigenvalue weighted by Gasteiger charge is -2.34. The van der Waals surface area contributed by atoms with Crippen LogP contribution in [0, 0.1) is 0 Å². The van der Waals surface area contributed by atoms with Gasteiger partial charge in [-0.3, -0.25) is 4.79 Å². The maximum atomic E-state index is 12.8. The van der Waals surface area contributed by atoms with Crippen molar-refractivity contribution in [1.82, 2.24) is 10.3 Å². The van der Waals surface area contributed by atoms with Crippen LogP contribution in [0.5, 0.6) is 5.75 Å². The Morgan fingerprint density at radius 2 is 2.00 bits per heavy atom. The summed E-state index contributed by atoms with van der Waals surface area (Å²) >= 11 is 1.59. The largest absolute Gasteiger partial charge is 0.492 e. The predicted octanol–water partition coefficient (Wildman–Crippen LogP) is 3.54. The van der Waals surface area contributed by atoms with Gasteiger partial charge in [-0.2, -0.15) is 0 Å². The number of para-hydroxylation sites is 1. The number of hydrogen-bond acceptors (Lipinski definition) is 4. The molecule has 1 aromatic carbocycles. The highest BCUT2D eigenvalue weighted by atomic mass is 32.1. The molecule has 1 aliphatic carbocycles. The van der Waals surface area contributed by atoms with Gasteiger partial charge >= 0.3 is 0 Å². The van der Waals surface area contributed by atoms with E-state index < -0.39 is 5.41 Å². The minimum atomic E-state index is -0.431. The fourth-order valence-electron chi connectivity index (χ4n) is 3.17. The van der Waals surface area contributed by atoms with Crippen molar-refractivity contribution < 1.29 is 9.53 Å². The van der Waals surface area contributed by atoms with Crippen LogP contribution in [-0.4, -0.2) is 24.0 Å². The van der Waals surface area contributed by atoms with Gasteiger partial charge < -0.3 is 10.1 Å². The number of ether oxygens (including phenoxy) is 1. The van der Waals surface area contributed by atoms with Gasteiger partial charge in [0.1, 0.15) is 22.8 Å². The Kier molecular flexibility index (Phi) is 5.28. The van der Waals surface area contributed by atoms with Crippen molar-refractivity contribution >= 4 is 17.2 Å². The second kappa shape index (κ2) is 7.59. The summed E-state index contributed by atoms with van der Waals surface area (Å²) in [5, 5.41) is 5.97. The predicted molar refractivity (Wildman–Crippen MR) is 91.8 cm³/mol. The zero-order valence-electron chi connectivity index (χ0n) is 13.2. The monoisotopic (exact) mass is 330 g/mol. The van der Waals surface area contributed by atoms with Gasteiger partial charge in [-0.05, 0) is 25.0 Å². The molecule has 3 rings (SSSR count). The van der Waals surface area contributed by atoms with Crippen molar-refractivity contribution in [3.05, 3.63) is 46.9 Å². The van der Waals surface area contributed by atoms with E-state index in [9.17, 15) is 4.79 Å². The molecule has 0 aliphatic heterocycles. The molecule has 0 saturated heterocycles. The smallest absolute Gasteiger partial charge is 0.233 e. The third-order valence-corrected chi connectivity index (χ3v) is 5.36. The Balaban J connectivity index is 1.57. The van der Waals surface area contributed by atoms with E-state index in [0.29, 0.717) is 13.2 Å². The van der Waals surface area contributed by atoms with E-state index >= 15 is 0 Å². The summed E-state index contributed by atoms with van der Waals surface area (Å²) < 4.78 is 5.64. The molecule has 2 aromatic rings. The highest BCUT2D eigenvalue weighted by Crippen LogP contribution is 2.40. The van der Waals surface area contributed by atoms with Crippen molar-refractivity contribution in [1.29, 1.82) is 0 Å². The van der Waals surface area contributed by atoms with E-state index in [0.717, 1.165) is 36.4 Å². The molecule has 1 fully saturated rings. The van der Waals surface area contributed by atoms with Crippen LogP contribution in [0.15, 0.2) is 41.9 Å². The zero-order chi connectivity index (χ0) is 16.0. The van der Waals surface area contributed by atoms with Gasteiger partial charge in [0.25, 0.3) is 0 Å². The summed E-state index contributed by atoms with van der Waals surface area (Å²) in [6, 6.07) is 9.66. The molecule has 5 heteroatoms. The van der Waals surface area contributed by atoms with Crippen LogP contribution in [0.25, 0.3) is 0 Å². The second-order valence-electron chi connectivity index (χ2n) is 5.90. The summed E-state index contributed by atoms with van der Waals surface area (Å²) in [6.07, 6.45) is 6.97. The molecule has 1 aliphatic rings. The van der Waals surface area contributed by atoms with Crippen LogP contribution in [0.2, 0.25) is 0 Å². The van der Waals surface area contributed by atoms with Gasteiger partial charge in [0, 0.05) is 11.6 Å². The number of nitrogens with zero attached hydrogens (tertiary/aromatic N) is 1. The number of benzene rings is 1. The van der Waals surface area contributed by atoms with Gasteiger partial charge in [-0.25, -0.2) is 4.98 Å². The standard InChI is InChI=1S/C18H22N2O2S/c21-16(19-11-13-22-15-7-3-1-4-8-15)18(9-5-2-6-10-18)17-20-12-14-23-17/h1,3-4,7-8,12,14H,2,5-6,9-11,13H2,(H,19,21). The Bertz CT molecular complexity index is 607. The van der Waals surface area contributed by atoms with Crippen molar-refractivity contribution in [3.8, 4) is 5.75 Å². The fraction of sp³-hybridized carbons (Fsp3) is 0.444. The molecule has 23 heavy (non-hydrogen) atoms. The van der Waals surface area contributed by atoms with E-state index in [4.69, 9.17) is 4.74 Å². The molecule has 1 amide bonds. The molecule has 0 atom stereocenters. The number of thiazole rings is 1. The van der Waals surface area contributed by atoms with Crippen molar-refractivity contribution in [2.24, 2.45) is 0 Å². The molecule has 1 heterocycles. The van der Waals surface area contributed by atoms with Crippen molar-refractivity contribution in [2.45, 2.75) is 37.5 Å². The van der Waals surface area contributed by atoms with Gasteiger partial charge in [-0.1, -0.05) is 37.5 Å². The Hall–Kier alpha value is -1.88. The number of amides is 1. The summed E-state index contributed by atoms with van der Waals surface area (Å²) in [7, 11) is 0. The number of nitrogens with one attached hydrogen (secondary N) is 1. The molecule has 122 valence electrons. The maximum Gasteiger partial charge on any atom is 0.233 e. The van der Waals surface area contributed by atoms with E-state index in [2.05, 4.69) is 10.3 Å². The fourth-order valence-corrected chi connectivity index (χ4v) is 4.07. The zero-order valence-corrected chi connectivity index (χ0v) is 14.0. The second-order valence-corrected chi connectivity index (χ2v) is 6.79. The lowest BCUT2D eigenvalue weighted by Crippen LogP contribution is -2.46. The van der Waals surface area contributed by atoms with E-state index in [1.165, 1.54) is 6.42 Å². The topological polar surface area (TPSA) is 51.2 Å². The van der Waals surface area contributed by atoms with E-state index in [1.807, 2.05) is 35.7 Å². The average molecular weight is 330 g/mol. The van der Waals surface area contributed by atoms with Gasteiger partial charge in [0.05, 0.1) is 6.54 Å². The maximum absolute atomic E-state index is 12.8. The molecule has 0 bridgehead atoms. The molecule has 4 nitrogen and oxygen atoms in total. The average Bonchev–Trinajstić information content (AvgIpc) is 3.15. The first kappa shape index (κ1) is 16.0. The molecule has 1 N–H and O–H groups in total. The normalized spacial score (nSPS) is 16.7. The Labute approximate surface area is 140 Å². The Morgan fingerprint density at radius 1 is 1.22 bits per heavy atom. The number of rotatable bonds is 6. The van der Waals surface area contributed by atoms with Gasteiger partial charge in [-0.15, -0.1) is 11.3 Å². The summed E-state index contributed by atoms with van der Waals surface area (Å²) in [4.78, 5) is 17.3. The molecule has 0 radical (unpaired) electrons. The highest BCUT2D eigenvalue weighted by molar-refractivity contribution is 7.09. The Morgan fingerprint density at radius 3 is 2.70 bits per heavy atom. The lowest BCUT2D eigenvalue weighted by atomic mass is 9.73. The first-order valence-corrected chi connectivity index (χ1v) is 9.05. The van der Waals surface area contributed by atoms with E-state index in [-0.39, 0.29) is 5.91 Å². The van der Waals surface area contributed by atoms with Gasteiger partial charge in [0.2, 0.25) is 5.91 Å². The van der Waals surface area contributed by atoms with Crippen molar-refractivity contribution in [2.75, 3.05) is 13.2 Å². The number of aromatic nitrogens is 1. The lowest BCUT2D eigenvalue weighted by molar-refractivity contribution is -0.128. The summed E-state index contributed by atoms with van der Waals surface area (Å²) in [5.41, 5.74) is -0.431. The van der Waals surface area contributed by atoms with Crippen LogP contribution in [0.1, 0.15) is 37.1 Å². The van der Waals surface area contributed by atoms with Crippen LogP contribution < -0.4 is 10.1 Å². The minimum Gasteiger partial charge on any atom is -0.492 e. The molecular weight excluding hydrogens is 308 g/mol. The molecular formula is C18H22N2O2S. The number of hydrogen-bond donors (Lipinski definition) is 1. The molecule has 1 saturated carbocycles. The quantitative estimate of drug-likeness (QED) is 0.824. The highest BCUT2D eigenvalue weighted by Gasteiger charge is 2.43. The molecule has 0 unspecified atom stereocenters. The summed E-state index contributed by atoms with van der Waals surface area (Å²) in [5.74, 6) is 0.929.